The zero-order chi connectivity index (χ0) is 10.9. The molecule has 0 saturated carbocycles. The first-order valence-electron chi connectivity index (χ1n) is 4.46. The Balaban J connectivity index is 3.27. The molecule has 0 atom stereocenters. The molecular formula is C8H15N3O2S. The Labute approximate surface area is 84.0 Å². The van der Waals surface area contributed by atoms with Crippen LogP contribution in [-0.4, -0.2) is 18.0 Å². The first kappa shape index (κ1) is 11.2. The second-order valence-electron chi connectivity index (χ2n) is 3.39. The Morgan fingerprint density at radius 3 is 2.43 bits per heavy atom. The van der Waals surface area contributed by atoms with E-state index in [1.54, 1.807) is 0 Å². The SMILES string of the molecule is CCc1nc(S(N)(=O)=O)cn1C(C)C. The van der Waals surface area contributed by atoms with Crippen LogP contribution < -0.4 is 5.14 Å². The standard InChI is InChI=1S/C8H15N3O2S/c1-4-7-10-8(14(9,12)13)5-11(7)6(2)3/h5-6H,4H2,1-3H3,(H2,9,12,13). The highest BCUT2D eigenvalue weighted by atomic mass is 32.2. The lowest BCUT2D eigenvalue weighted by Gasteiger charge is -2.08. The summed E-state index contributed by atoms with van der Waals surface area (Å²) in [5, 5.41) is 4.94. The van der Waals surface area contributed by atoms with Crippen molar-refractivity contribution in [1.82, 2.24) is 9.55 Å². The molecule has 5 nitrogen and oxygen atoms in total. The van der Waals surface area contributed by atoms with Crippen molar-refractivity contribution in [3.8, 4) is 0 Å². The van der Waals surface area contributed by atoms with E-state index in [1.165, 1.54) is 6.20 Å². The van der Waals surface area contributed by atoms with Gasteiger partial charge in [0.1, 0.15) is 5.82 Å². The van der Waals surface area contributed by atoms with Crippen LogP contribution in [-0.2, 0) is 16.4 Å². The van der Waals surface area contributed by atoms with Crippen molar-refractivity contribution in [2.45, 2.75) is 38.3 Å². The molecule has 0 aliphatic carbocycles. The fourth-order valence-electron chi connectivity index (χ4n) is 1.25. The fraction of sp³-hybridized carbons (Fsp3) is 0.625. The van der Waals surface area contributed by atoms with Crippen molar-refractivity contribution in [2.75, 3.05) is 0 Å². The van der Waals surface area contributed by atoms with Crippen molar-refractivity contribution in [3.63, 3.8) is 0 Å². The Morgan fingerprint density at radius 1 is 1.57 bits per heavy atom. The van der Waals surface area contributed by atoms with Crippen molar-refractivity contribution in [1.29, 1.82) is 0 Å². The highest BCUT2D eigenvalue weighted by Gasteiger charge is 2.16. The zero-order valence-electron chi connectivity index (χ0n) is 8.56. The Kier molecular flexibility index (Phi) is 2.96. The third-order valence-corrected chi connectivity index (χ3v) is 2.73. The van der Waals surface area contributed by atoms with Gasteiger partial charge in [0.2, 0.25) is 0 Å². The van der Waals surface area contributed by atoms with E-state index in [4.69, 9.17) is 5.14 Å². The molecule has 0 bridgehead atoms. The van der Waals surface area contributed by atoms with Gasteiger partial charge in [-0.05, 0) is 13.8 Å². The van der Waals surface area contributed by atoms with Gasteiger partial charge in [-0.1, -0.05) is 6.92 Å². The number of hydrogen-bond acceptors (Lipinski definition) is 3. The van der Waals surface area contributed by atoms with Crippen LogP contribution >= 0.6 is 0 Å². The predicted octanol–water partition coefficient (Wildman–Crippen LogP) is 0.674. The molecule has 0 spiro atoms. The number of imidazole rings is 1. The van der Waals surface area contributed by atoms with Gasteiger partial charge in [-0.25, -0.2) is 18.5 Å². The topological polar surface area (TPSA) is 78.0 Å². The smallest absolute Gasteiger partial charge is 0.257 e. The molecule has 0 radical (unpaired) electrons. The van der Waals surface area contributed by atoms with Gasteiger partial charge in [0.15, 0.2) is 5.03 Å². The summed E-state index contributed by atoms with van der Waals surface area (Å²) in [6, 6.07) is 0.188. The third-order valence-electron chi connectivity index (χ3n) is 1.95. The van der Waals surface area contributed by atoms with Gasteiger partial charge in [0, 0.05) is 18.7 Å². The van der Waals surface area contributed by atoms with Crippen molar-refractivity contribution in [2.24, 2.45) is 5.14 Å². The summed E-state index contributed by atoms with van der Waals surface area (Å²) in [4.78, 5) is 3.97. The van der Waals surface area contributed by atoms with Gasteiger partial charge in [0.25, 0.3) is 10.0 Å². The van der Waals surface area contributed by atoms with Gasteiger partial charge < -0.3 is 4.57 Å². The lowest BCUT2D eigenvalue weighted by atomic mass is 10.3. The highest BCUT2D eigenvalue weighted by molar-refractivity contribution is 7.89. The summed E-state index contributed by atoms with van der Waals surface area (Å²) in [6.07, 6.45) is 2.17. The summed E-state index contributed by atoms with van der Waals surface area (Å²) in [5.41, 5.74) is 0. The van der Waals surface area contributed by atoms with Crippen LogP contribution in [0.1, 0.15) is 32.6 Å². The van der Waals surface area contributed by atoms with Crippen molar-refractivity contribution < 1.29 is 8.42 Å². The number of sulfonamides is 1. The molecule has 80 valence electrons. The molecule has 1 heterocycles. The van der Waals surface area contributed by atoms with E-state index >= 15 is 0 Å². The van der Waals surface area contributed by atoms with Crippen LogP contribution in [0.4, 0.5) is 0 Å². The summed E-state index contributed by atoms with van der Waals surface area (Å²) < 4.78 is 23.9. The molecule has 0 amide bonds. The average Bonchev–Trinajstić information content (AvgIpc) is 2.45. The van der Waals surface area contributed by atoms with E-state index < -0.39 is 10.0 Å². The first-order chi connectivity index (χ1) is 6.36. The van der Waals surface area contributed by atoms with E-state index in [0.717, 1.165) is 5.82 Å². The van der Waals surface area contributed by atoms with Crippen LogP contribution in [0.3, 0.4) is 0 Å². The summed E-state index contributed by atoms with van der Waals surface area (Å²) in [6.45, 7) is 5.86. The molecule has 2 N–H and O–H groups in total. The van der Waals surface area contributed by atoms with Crippen molar-refractivity contribution in [3.05, 3.63) is 12.0 Å². The van der Waals surface area contributed by atoms with Crippen LogP contribution in [0.25, 0.3) is 0 Å². The number of nitrogens with zero attached hydrogens (tertiary/aromatic N) is 2. The number of nitrogens with two attached hydrogens (primary N) is 1. The number of aromatic nitrogens is 2. The van der Waals surface area contributed by atoms with Gasteiger partial charge >= 0.3 is 0 Å². The molecular weight excluding hydrogens is 202 g/mol. The summed E-state index contributed by atoms with van der Waals surface area (Å²) in [7, 11) is -3.68. The molecule has 6 heteroatoms. The molecule has 14 heavy (non-hydrogen) atoms. The van der Waals surface area contributed by atoms with Gasteiger partial charge in [0.05, 0.1) is 0 Å². The minimum absolute atomic E-state index is 0.0527. The largest absolute Gasteiger partial charge is 0.331 e. The van der Waals surface area contributed by atoms with Crippen LogP contribution in [0.2, 0.25) is 0 Å². The minimum Gasteiger partial charge on any atom is -0.331 e. The molecule has 1 aromatic heterocycles. The van der Waals surface area contributed by atoms with Gasteiger partial charge in [-0.15, -0.1) is 0 Å². The Morgan fingerprint density at radius 2 is 2.14 bits per heavy atom. The van der Waals surface area contributed by atoms with E-state index in [0.29, 0.717) is 6.42 Å². The predicted molar refractivity (Wildman–Crippen MR) is 53.4 cm³/mol. The average molecular weight is 217 g/mol. The minimum atomic E-state index is -3.68. The highest BCUT2D eigenvalue weighted by Crippen LogP contribution is 2.14. The summed E-state index contributed by atoms with van der Waals surface area (Å²) in [5.74, 6) is 0.740. The summed E-state index contributed by atoms with van der Waals surface area (Å²) >= 11 is 0. The maximum Gasteiger partial charge on any atom is 0.257 e. The van der Waals surface area contributed by atoms with Gasteiger partial charge in [-0.2, -0.15) is 0 Å². The maximum atomic E-state index is 11.0. The monoisotopic (exact) mass is 217 g/mol. The Bertz CT molecular complexity index is 420. The van der Waals surface area contributed by atoms with Crippen LogP contribution in [0.5, 0.6) is 0 Å². The second-order valence-corrected chi connectivity index (χ2v) is 4.90. The third kappa shape index (κ3) is 2.13. The van der Waals surface area contributed by atoms with E-state index in [-0.39, 0.29) is 11.1 Å². The molecule has 0 unspecified atom stereocenters. The zero-order valence-corrected chi connectivity index (χ0v) is 9.37. The molecule has 1 rings (SSSR count). The van der Waals surface area contributed by atoms with Crippen molar-refractivity contribution >= 4 is 10.0 Å². The first-order valence-corrected chi connectivity index (χ1v) is 6.01. The lowest BCUT2D eigenvalue weighted by Crippen LogP contribution is -2.12. The quantitative estimate of drug-likeness (QED) is 0.808. The second kappa shape index (κ2) is 3.70. The van der Waals surface area contributed by atoms with E-state index in [9.17, 15) is 8.42 Å². The van der Waals surface area contributed by atoms with Crippen LogP contribution in [0.15, 0.2) is 11.2 Å². The lowest BCUT2D eigenvalue weighted by molar-refractivity contribution is 0.570. The molecule has 0 aliphatic heterocycles. The van der Waals surface area contributed by atoms with E-state index in [1.807, 2.05) is 25.3 Å². The molecule has 1 aromatic rings. The molecule has 0 aliphatic rings. The van der Waals surface area contributed by atoms with E-state index in [2.05, 4.69) is 4.98 Å². The molecule has 0 saturated heterocycles. The molecule has 0 fully saturated rings. The number of rotatable bonds is 3. The number of primary sulfonamides is 1. The van der Waals surface area contributed by atoms with Gasteiger partial charge in [-0.3, -0.25) is 0 Å². The fourth-order valence-corrected chi connectivity index (χ4v) is 1.75. The number of aryl methyl sites for hydroxylation is 1. The normalized spacial score (nSPS) is 12.4. The molecule has 0 aromatic carbocycles. The Hall–Kier alpha value is -0.880. The number of hydrogen-bond donors (Lipinski definition) is 1. The van der Waals surface area contributed by atoms with Crippen LogP contribution in [0, 0.1) is 0 Å². The maximum absolute atomic E-state index is 11.0.